The summed E-state index contributed by atoms with van der Waals surface area (Å²) in [6, 6.07) is 3.69. The third-order valence-electron chi connectivity index (χ3n) is 2.53. The van der Waals surface area contributed by atoms with Gasteiger partial charge in [-0.25, -0.2) is 17.5 Å². The number of alkyl halides is 1. The fourth-order valence-electron chi connectivity index (χ4n) is 1.59. The van der Waals surface area contributed by atoms with Crippen molar-refractivity contribution in [3.8, 4) is 0 Å². The van der Waals surface area contributed by atoms with Crippen LogP contribution in [0, 0.1) is 12.7 Å². The summed E-state index contributed by atoms with van der Waals surface area (Å²) in [6.07, 6.45) is 2.92. The molecule has 0 saturated heterocycles. The summed E-state index contributed by atoms with van der Waals surface area (Å²) in [5.74, 6) is -0.423. The second kappa shape index (κ2) is 7.40. The van der Waals surface area contributed by atoms with Crippen LogP contribution in [-0.2, 0) is 10.0 Å². The van der Waals surface area contributed by atoms with Crippen LogP contribution in [0.25, 0.3) is 0 Å². The van der Waals surface area contributed by atoms with Crippen LogP contribution < -0.4 is 4.72 Å². The summed E-state index contributed by atoms with van der Waals surface area (Å²) >= 11 is 2.30. The first-order valence-electron chi connectivity index (χ1n) is 5.79. The van der Waals surface area contributed by atoms with Crippen LogP contribution in [-0.4, -0.2) is 19.4 Å². The molecule has 18 heavy (non-hydrogen) atoms. The maximum atomic E-state index is 12.9. The van der Waals surface area contributed by atoms with Gasteiger partial charge in [0.2, 0.25) is 10.0 Å². The maximum Gasteiger partial charge on any atom is 0.240 e. The highest BCUT2D eigenvalue weighted by molar-refractivity contribution is 14.1. The molecule has 0 amide bonds. The Morgan fingerprint density at radius 2 is 2.00 bits per heavy atom. The minimum atomic E-state index is -3.51. The molecule has 3 nitrogen and oxygen atoms in total. The van der Waals surface area contributed by atoms with Crippen molar-refractivity contribution in [3.63, 3.8) is 0 Å². The molecule has 0 aliphatic heterocycles. The molecule has 102 valence electrons. The van der Waals surface area contributed by atoms with E-state index in [0.717, 1.165) is 29.8 Å². The maximum absolute atomic E-state index is 12.9. The van der Waals surface area contributed by atoms with Gasteiger partial charge in [-0.05, 0) is 48.0 Å². The number of unbranched alkanes of at least 4 members (excludes halogenated alkanes) is 2. The smallest absolute Gasteiger partial charge is 0.211 e. The molecule has 0 aliphatic rings. The highest BCUT2D eigenvalue weighted by Gasteiger charge is 2.16. The molecule has 0 fully saturated rings. The molecule has 0 radical (unpaired) electrons. The topological polar surface area (TPSA) is 46.2 Å². The molecule has 6 heteroatoms. The molecule has 0 aliphatic carbocycles. The molecule has 0 bridgehead atoms. The number of aryl methyl sites for hydroxylation is 1. The van der Waals surface area contributed by atoms with Crippen molar-refractivity contribution in [1.82, 2.24) is 4.72 Å². The minimum absolute atomic E-state index is 0.151. The van der Waals surface area contributed by atoms with E-state index >= 15 is 0 Å². The SMILES string of the molecule is Cc1cc(F)ccc1S(=O)(=O)NCCCCCI. The predicted molar refractivity (Wildman–Crippen MR) is 79.1 cm³/mol. The summed E-state index contributed by atoms with van der Waals surface area (Å²) in [5.41, 5.74) is 0.426. The fourth-order valence-corrected chi connectivity index (χ4v) is 3.43. The molecular weight excluding hydrogens is 368 g/mol. The number of rotatable bonds is 7. The molecule has 0 heterocycles. The van der Waals surface area contributed by atoms with Gasteiger partial charge < -0.3 is 0 Å². The molecule has 0 aromatic heterocycles. The third kappa shape index (κ3) is 4.81. The molecular formula is C12H17FINO2S. The van der Waals surface area contributed by atoms with E-state index in [2.05, 4.69) is 27.3 Å². The molecule has 0 spiro atoms. The first-order chi connectivity index (χ1) is 8.47. The van der Waals surface area contributed by atoms with Crippen LogP contribution >= 0.6 is 22.6 Å². The van der Waals surface area contributed by atoms with Crippen molar-refractivity contribution in [3.05, 3.63) is 29.6 Å². The summed E-state index contributed by atoms with van der Waals surface area (Å²) in [5, 5.41) is 0. The number of sulfonamides is 1. The average molecular weight is 385 g/mol. The summed E-state index contributed by atoms with van der Waals surface area (Å²) in [7, 11) is -3.51. The van der Waals surface area contributed by atoms with E-state index in [1.807, 2.05) is 0 Å². The summed E-state index contributed by atoms with van der Waals surface area (Å²) < 4.78 is 40.5. The van der Waals surface area contributed by atoms with Crippen molar-refractivity contribution < 1.29 is 12.8 Å². The van der Waals surface area contributed by atoms with E-state index < -0.39 is 15.8 Å². The van der Waals surface area contributed by atoms with Crippen LogP contribution in [0.3, 0.4) is 0 Å². The Hall–Kier alpha value is -0.210. The number of hydrogen-bond donors (Lipinski definition) is 1. The van der Waals surface area contributed by atoms with E-state index in [-0.39, 0.29) is 4.90 Å². The lowest BCUT2D eigenvalue weighted by Gasteiger charge is -2.09. The van der Waals surface area contributed by atoms with E-state index in [1.54, 1.807) is 6.92 Å². The van der Waals surface area contributed by atoms with Crippen molar-refractivity contribution in [2.45, 2.75) is 31.1 Å². The molecule has 1 N–H and O–H groups in total. The van der Waals surface area contributed by atoms with Gasteiger partial charge in [0.25, 0.3) is 0 Å². The average Bonchev–Trinajstić information content (AvgIpc) is 2.28. The molecule has 0 unspecified atom stereocenters. The van der Waals surface area contributed by atoms with Gasteiger partial charge in [0, 0.05) is 6.54 Å². The van der Waals surface area contributed by atoms with Gasteiger partial charge in [-0.1, -0.05) is 29.0 Å². The van der Waals surface area contributed by atoms with Gasteiger partial charge in [-0.15, -0.1) is 0 Å². The largest absolute Gasteiger partial charge is 0.240 e. The molecule has 1 rings (SSSR count). The number of hydrogen-bond acceptors (Lipinski definition) is 2. The van der Waals surface area contributed by atoms with Gasteiger partial charge in [0.1, 0.15) is 5.82 Å². The van der Waals surface area contributed by atoms with E-state index in [1.165, 1.54) is 12.1 Å². The van der Waals surface area contributed by atoms with Crippen molar-refractivity contribution >= 4 is 32.6 Å². The van der Waals surface area contributed by atoms with Crippen LogP contribution in [0.4, 0.5) is 4.39 Å². The molecule has 1 aromatic rings. The zero-order valence-electron chi connectivity index (χ0n) is 10.2. The Labute approximate surface area is 121 Å². The highest BCUT2D eigenvalue weighted by atomic mass is 127. The van der Waals surface area contributed by atoms with Gasteiger partial charge in [-0.2, -0.15) is 0 Å². The van der Waals surface area contributed by atoms with E-state index in [9.17, 15) is 12.8 Å². The zero-order chi connectivity index (χ0) is 13.6. The number of halogens is 2. The van der Waals surface area contributed by atoms with Crippen LogP contribution in [0.2, 0.25) is 0 Å². The van der Waals surface area contributed by atoms with Crippen LogP contribution in [0.1, 0.15) is 24.8 Å². The lowest BCUT2D eigenvalue weighted by molar-refractivity contribution is 0.574. The van der Waals surface area contributed by atoms with Crippen LogP contribution in [0.5, 0.6) is 0 Å². The summed E-state index contributed by atoms with van der Waals surface area (Å²) in [4.78, 5) is 0.151. The Bertz CT molecular complexity index is 491. The van der Waals surface area contributed by atoms with Crippen molar-refractivity contribution in [2.75, 3.05) is 11.0 Å². The first kappa shape index (κ1) is 15.8. The monoisotopic (exact) mass is 385 g/mol. The second-order valence-electron chi connectivity index (χ2n) is 4.06. The van der Waals surface area contributed by atoms with Crippen molar-refractivity contribution in [1.29, 1.82) is 0 Å². The van der Waals surface area contributed by atoms with E-state index in [0.29, 0.717) is 12.1 Å². The minimum Gasteiger partial charge on any atom is -0.211 e. The standard InChI is InChI=1S/C12H17FINO2S/c1-10-9-11(13)5-6-12(10)18(16,17)15-8-4-2-3-7-14/h5-6,9,15H,2-4,7-8H2,1H3. The number of nitrogens with one attached hydrogen (secondary N) is 1. The normalized spacial score (nSPS) is 11.7. The molecule has 1 aromatic carbocycles. The van der Waals surface area contributed by atoms with Gasteiger partial charge in [0.05, 0.1) is 4.90 Å². The Kier molecular flexibility index (Phi) is 6.51. The van der Waals surface area contributed by atoms with Gasteiger partial charge in [0.15, 0.2) is 0 Å². The Balaban J connectivity index is 2.63. The predicted octanol–water partition coefficient (Wildman–Crippen LogP) is 3.02. The number of benzene rings is 1. The fraction of sp³-hybridized carbons (Fsp3) is 0.500. The lowest BCUT2D eigenvalue weighted by Crippen LogP contribution is -2.25. The van der Waals surface area contributed by atoms with Crippen LogP contribution in [0.15, 0.2) is 23.1 Å². The quantitative estimate of drug-likeness (QED) is 0.446. The lowest BCUT2D eigenvalue weighted by atomic mass is 10.2. The van der Waals surface area contributed by atoms with Gasteiger partial charge in [-0.3, -0.25) is 0 Å². The van der Waals surface area contributed by atoms with Gasteiger partial charge >= 0.3 is 0 Å². The second-order valence-corrected chi connectivity index (χ2v) is 6.87. The molecule has 0 saturated carbocycles. The van der Waals surface area contributed by atoms with Crippen molar-refractivity contribution in [2.24, 2.45) is 0 Å². The Morgan fingerprint density at radius 1 is 1.28 bits per heavy atom. The first-order valence-corrected chi connectivity index (χ1v) is 8.80. The Morgan fingerprint density at radius 3 is 2.61 bits per heavy atom. The summed E-state index contributed by atoms with van der Waals surface area (Å²) in [6.45, 7) is 2.02. The third-order valence-corrected chi connectivity index (χ3v) is 4.91. The molecule has 0 atom stereocenters. The van der Waals surface area contributed by atoms with E-state index in [4.69, 9.17) is 0 Å². The highest BCUT2D eigenvalue weighted by Crippen LogP contribution is 2.15. The zero-order valence-corrected chi connectivity index (χ0v) is 13.2.